The molecule has 1 unspecified atom stereocenters. The summed E-state index contributed by atoms with van der Waals surface area (Å²) in [7, 11) is 3.35. The van der Waals surface area contributed by atoms with Gasteiger partial charge in [-0.05, 0) is 41.1 Å². The summed E-state index contributed by atoms with van der Waals surface area (Å²) in [4.78, 5) is 9.44. The summed E-state index contributed by atoms with van der Waals surface area (Å²) < 4.78 is 11.6. The summed E-state index contributed by atoms with van der Waals surface area (Å²) in [6, 6.07) is 12.5. The number of aromatic nitrogens is 1. The molecule has 3 rings (SSSR count). The van der Waals surface area contributed by atoms with E-state index < -0.39 is 0 Å². The third-order valence-electron chi connectivity index (χ3n) is 4.74. The number of hydrogen-bond donors (Lipinski definition) is 0. The molecule has 0 N–H and O–H groups in total. The van der Waals surface area contributed by atoms with Crippen LogP contribution in [-0.2, 0) is 0 Å². The molecule has 1 fully saturated rings. The molecular formula is C19H24BrN3O2. The van der Waals surface area contributed by atoms with Gasteiger partial charge in [0.1, 0.15) is 5.75 Å². The second kappa shape index (κ2) is 8.06. The van der Waals surface area contributed by atoms with Gasteiger partial charge in [0.05, 0.1) is 24.4 Å². The molecule has 0 bridgehead atoms. The van der Waals surface area contributed by atoms with Gasteiger partial charge >= 0.3 is 0 Å². The maximum Gasteiger partial charge on any atom is 0.213 e. The standard InChI is InChI=1S/C19H24BrN3O2/c1-14(17-5-4-6-19(21-17)25-3)22-9-11-23(12-10-22)15-7-8-16(20)18(13-15)24-2/h4-8,13-14H,9-12H2,1-3H3. The van der Waals surface area contributed by atoms with Crippen LogP contribution in [0, 0.1) is 0 Å². The van der Waals surface area contributed by atoms with Gasteiger partial charge in [0.15, 0.2) is 0 Å². The number of piperazine rings is 1. The third-order valence-corrected chi connectivity index (χ3v) is 5.40. The predicted octanol–water partition coefficient (Wildman–Crippen LogP) is 3.74. The van der Waals surface area contributed by atoms with Gasteiger partial charge in [0, 0.05) is 50.0 Å². The highest BCUT2D eigenvalue weighted by molar-refractivity contribution is 9.10. The minimum atomic E-state index is 0.275. The van der Waals surface area contributed by atoms with Gasteiger partial charge in [-0.3, -0.25) is 4.90 Å². The second-order valence-corrected chi connectivity index (χ2v) is 6.98. The molecular weight excluding hydrogens is 382 g/mol. The molecule has 1 saturated heterocycles. The highest BCUT2D eigenvalue weighted by atomic mass is 79.9. The Labute approximate surface area is 157 Å². The minimum Gasteiger partial charge on any atom is -0.495 e. The average Bonchev–Trinajstić information content (AvgIpc) is 2.68. The molecule has 1 aliphatic rings. The number of rotatable bonds is 5. The molecule has 1 atom stereocenters. The first-order chi connectivity index (χ1) is 12.1. The monoisotopic (exact) mass is 405 g/mol. The van der Waals surface area contributed by atoms with Crippen LogP contribution >= 0.6 is 15.9 Å². The van der Waals surface area contributed by atoms with Crippen LogP contribution in [0.3, 0.4) is 0 Å². The van der Waals surface area contributed by atoms with E-state index in [0.29, 0.717) is 5.88 Å². The van der Waals surface area contributed by atoms with Crippen molar-refractivity contribution in [2.75, 3.05) is 45.3 Å². The summed E-state index contributed by atoms with van der Waals surface area (Å²) in [5.74, 6) is 1.54. The summed E-state index contributed by atoms with van der Waals surface area (Å²) in [6.45, 7) is 6.18. The smallest absolute Gasteiger partial charge is 0.213 e. The van der Waals surface area contributed by atoms with Gasteiger partial charge in [-0.1, -0.05) is 6.07 Å². The topological polar surface area (TPSA) is 37.8 Å². The fourth-order valence-electron chi connectivity index (χ4n) is 3.18. The van der Waals surface area contributed by atoms with Crippen LogP contribution in [-0.4, -0.2) is 50.3 Å². The van der Waals surface area contributed by atoms with Crippen LogP contribution in [0.5, 0.6) is 11.6 Å². The van der Waals surface area contributed by atoms with Crippen molar-refractivity contribution in [2.24, 2.45) is 0 Å². The van der Waals surface area contributed by atoms with Crippen LogP contribution in [0.15, 0.2) is 40.9 Å². The summed E-state index contributed by atoms with van der Waals surface area (Å²) in [6.07, 6.45) is 0. The van der Waals surface area contributed by atoms with Crippen molar-refractivity contribution in [3.63, 3.8) is 0 Å². The summed E-state index contributed by atoms with van der Waals surface area (Å²) in [5, 5.41) is 0. The zero-order valence-electron chi connectivity index (χ0n) is 14.9. The molecule has 0 aliphatic carbocycles. The second-order valence-electron chi connectivity index (χ2n) is 6.12. The van der Waals surface area contributed by atoms with E-state index in [2.05, 4.69) is 55.8 Å². The number of ether oxygens (including phenoxy) is 2. The van der Waals surface area contributed by atoms with Crippen LogP contribution in [0.2, 0.25) is 0 Å². The molecule has 0 saturated carbocycles. The van der Waals surface area contributed by atoms with Gasteiger partial charge in [-0.2, -0.15) is 0 Å². The summed E-state index contributed by atoms with van der Waals surface area (Å²) in [5.41, 5.74) is 2.25. The van der Waals surface area contributed by atoms with Gasteiger partial charge in [0.2, 0.25) is 5.88 Å². The predicted molar refractivity (Wildman–Crippen MR) is 104 cm³/mol. The lowest BCUT2D eigenvalue weighted by Crippen LogP contribution is -2.47. The van der Waals surface area contributed by atoms with Crippen LogP contribution in [0.25, 0.3) is 0 Å². The maximum atomic E-state index is 5.41. The largest absolute Gasteiger partial charge is 0.495 e. The normalized spacial score (nSPS) is 16.6. The Morgan fingerprint density at radius 2 is 1.80 bits per heavy atom. The van der Waals surface area contributed by atoms with Crippen molar-refractivity contribution in [1.82, 2.24) is 9.88 Å². The molecule has 2 aromatic rings. The Bertz CT molecular complexity index is 718. The Morgan fingerprint density at radius 3 is 2.48 bits per heavy atom. The number of methoxy groups -OCH3 is 2. The number of benzene rings is 1. The van der Waals surface area contributed by atoms with Gasteiger partial charge < -0.3 is 14.4 Å². The summed E-state index contributed by atoms with van der Waals surface area (Å²) >= 11 is 3.51. The van der Waals surface area contributed by atoms with E-state index >= 15 is 0 Å². The van der Waals surface area contributed by atoms with Crippen molar-refractivity contribution in [3.8, 4) is 11.6 Å². The fraction of sp³-hybridized carbons (Fsp3) is 0.421. The first-order valence-electron chi connectivity index (χ1n) is 8.46. The zero-order chi connectivity index (χ0) is 17.8. The lowest BCUT2D eigenvalue weighted by atomic mass is 10.1. The van der Waals surface area contributed by atoms with E-state index in [-0.39, 0.29) is 6.04 Å². The van der Waals surface area contributed by atoms with E-state index in [1.807, 2.05) is 18.2 Å². The highest BCUT2D eigenvalue weighted by Gasteiger charge is 2.23. The third kappa shape index (κ3) is 4.07. The quantitative estimate of drug-likeness (QED) is 0.756. The van der Waals surface area contributed by atoms with Gasteiger partial charge in [0.25, 0.3) is 0 Å². The molecule has 5 nitrogen and oxygen atoms in total. The molecule has 0 spiro atoms. The Balaban J connectivity index is 1.65. The van der Waals surface area contributed by atoms with Gasteiger partial charge in [-0.25, -0.2) is 4.98 Å². The van der Waals surface area contributed by atoms with E-state index in [1.54, 1.807) is 14.2 Å². The van der Waals surface area contributed by atoms with Crippen LogP contribution in [0.1, 0.15) is 18.7 Å². The number of pyridine rings is 1. The average molecular weight is 406 g/mol. The highest BCUT2D eigenvalue weighted by Crippen LogP contribution is 2.31. The first kappa shape index (κ1) is 18.0. The van der Waals surface area contributed by atoms with Crippen LogP contribution in [0.4, 0.5) is 5.69 Å². The lowest BCUT2D eigenvalue weighted by molar-refractivity contribution is 0.194. The number of anilines is 1. The van der Waals surface area contributed by atoms with Crippen molar-refractivity contribution in [1.29, 1.82) is 0 Å². The van der Waals surface area contributed by atoms with E-state index in [0.717, 1.165) is 42.1 Å². The van der Waals surface area contributed by atoms with Gasteiger partial charge in [-0.15, -0.1) is 0 Å². The maximum absolute atomic E-state index is 5.41. The molecule has 1 aromatic heterocycles. The Kier molecular flexibility index (Phi) is 5.81. The SMILES string of the molecule is COc1cccc(C(C)N2CCN(c3ccc(Br)c(OC)c3)CC2)n1. The molecule has 6 heteroatoms. The van der Waals surface area contributed by atoms with E-state index in [9.17, 15) is 0 Å². The molecule has 0 amide bonds. The molecule has 1 aromatic carbocycles. The molecule has 2 heterocycles. The lowest BCUT2D eigenvalue weighted by Gasteiger charge is -2.39. The number of hydrogen-bond acceptors (Lipinski definition) is 5. The molecule has 0 radical (unpaired) electrons. The van der Waals surface area contributed by atoms with E-state index in [4.69, 9.17) is 9.47 Å². The Morgan fingerprint density at radius 1 is 1.04 bits per heavy atom. The first-order valence-corrected chi connectivity index (χ1v) is 9.25. The molecule has 134 valence electrons. The number of halogens is 1. The van der Waals surface area contributed by atoms with E-state index in [1.165, 1.54) is 5.69 Å². The van der Waals surface area contributed by atoms with Crippen molar-refractivity contribution in [3.05, 3.63) is 46.6 Å². The molecule has 1 aliphatic heterocycles. The van der Waals surface area contributed by atoms with Crippen molar-refractivity contribution < 1.29 is 9.47 Å². The number of nitrogens with zero attached hydrogens (tertiary/aromatic N) is 3. The van der Waals surface area contributed by atoms with Crippen molar-refractivity contribution in [2.45, 2.75) is 13.0 Å². The molecule has 25 heavy (non-hydrogen) atoms. The zero-order valence-corrected chi connectivity index (χ0v) is 16.5. The minimum absolute atomic E-state index is 0.275. The van der Waals surface area contributed by atoms with Crippen LogP contribution < -0.4 is 14.4 Å². The van der Waals surface area contributed by atoms with Crippen molar-refractivity contribution >= 4 is 21.6 Å². The Hall–Kier alpha value is -1.79. The fourth-order valence-corrected chi connectivity index (χ4v) is 3.59.